The third-order valence-electron chi connectivity index (χ3n) is 3.44. The molecule has 0 spiro atoms. The normalized spacial score (nSPS) is 10.4. The van der Waals surface area contributed by atoms with Gasteiger partial charge in [0, 0.05) is 32.0 Å². The van der Waals surface area contributed by atoms with Gasteiger partial charge in [0.15, 0.2) is 0 Å². The van der Waals surface area contributed by atoms with E-state index in [2.05, 4.69) is 48.5 Å². The summed E-state index contributed by atoms with van der Waals surface area (Å²) < 4.78 is 0. The number of nitrogens with zero attached hydrogens (tertiary/aromatic N) is 1. The number of hydrogen-bond donors (Lipinski definition) is 1. The van der Waals surface area contributed by atoms with Gasteiger partial charge in [-0.15, -0.1) is 0 Å². The van der Waals surface area contributed by atoms with Crippen LogP contribution < -0.4 is 10.2 Å². The third-order valence-corrected chi connectivity index (χ3v) is 3.44. The molecule has 0 heterocycles. The van der Waals surface area contributed by atoms with Crippen LogP contribution >= 0.6 is 0 Å². The van der Waals surface area contributed by atoms with Crippen molar-refractivity contribution in [1.82, 2.24) is 0 Å². The van der Waals surface area contributed by atoms with E-state index in [0.29, 0.717) is 0 Å². The maximum absolute atomic E-state index is 3.15. The first-order valence-electron chi connectivity index (χ1n) is 7.27. The monoisotopic (exact) mass is 248 g/mol. The second kappa shape index (κ2) is 8.84. The molecule has 1 N–H and O–H groups in total. The Morgan fingerprint density at radius 3 is 2.17 bits per heavy atom. The first kappa shape index (κ1) is 14.9. The Balaban J connectivity index is 2.21. The lowest BCUT2D eigenvalue weighted by Gasteiger charge is -2.19. The standard InChI is InChI=1S/C16H28N2/c1-4-5-6-7-8-9-14-18(3)16-12-10-15(17-2)11-13-16/h10-13,17H,4-9,14H2,1-3H3. The zero-order valence-electron chi connectivity index (χ0n) is 12.2. The molecule has 0 aromatic heterocycles. The van der Waals surface area contributed by atoms with E-state index in [9.17, 15) is 0 Å². The molecule has 2 heteroatoms. The lowest BCUT2D eigenvalue weighted by molar-refractivity contribution is 0.606. The Kier molecular flexibility index (Phi) is 7.31. The fourth-order valence-electron chi connectivity index (χ4n) is 2.14. The van der Waals surface area contributed by atoms with Crippen molar-refractivity contribution in [2.75, 3.05) is 30.9 Å². The van der Waals surface area contributed by atoms with E-state index in [1.54, 1.807) is 0 Å². The molecule has 0 saturated carbocycles. The van der Waals surface area contributed by atoms with Crippen molar-refractivity contribution >= 4 is 11.4 Å². The second-order valence-corrected chi connectivity index (χ2v) is 4.99. The molecule has 0 aliphatic rings. The van der Waals surface area contributed by atoms with E-state index >= 15 is 0 Å². The van der Waals surface area contributed by atoms with Crippen molar-refractivity contribution in [2.45, 2.75) is 45.4 Å². The molecule has 18 heavy (non-hydrogen) atoms. The van der Waals surface area contributed by atoms with Gasteiger partial charge in [-0.1, -0.05) is 39.0 Å². The minimum absolute atomic E-state index is 1.16. The zero-order chi connectivity index (χ0) is 13.2. The molecular weight excluding hydrogens is 220 g/mol. The van der Waals surface area contributed by atoms with Gasteiger partial charge in [-0.05, 0) is 30.7 Å². The predicted octanol–water partition coefficient (Wildman–Crippen LogP) is 4.53. The van der Waals surface area contributed by atoms with Crippen LogP contribution in [0.15, 0.2) is 24.3 Å². The average molecular weight is 248 g/mol. The Morgan fingerprint density at radius 1 is 0.944 bits per heavy atom. The van der Waals surface area contributed by atoms with Gasteiger partial charge in [0.1, 0.15) is 0 Å². The van der Waals surface area contributed by atoms with Crippen LogP contribution in [0.1, 0.15) is 45.4 Å². The predicted molar refractivity (Wildman–Crippen MR) is 82.6 cm³/mol. The molecule has 0 radical (unpaired) electrons. The molecule has 0 aliphatic heterocycles. The molecule has 0 aliphatic carbocycles. The number of hydrogen-bond acceptors (Lipinski definition) is 2. The number of rotatable bonds is 9. The van der Waals surface area contributed by atoms with Crippen molar-refractivity contribution in [3.8, 4) is 0 Å². The van der Waals surface area contributed by atoms with Gasteiger partial charge < -0.3 is 10.2 Å². The van der Waals surface area contributed by atoms with Gasteiger partial charge in [-0.2, -0.15) is 0 Å². The molecule has 0 amide bonds. The highest BCUT2D eigenvalue weighted by molar-refractivity contribution is 5.54. The van der Waals surface area contributed by atoms with Gasteiger partial charge in [-0.3, -0.25) is 0 Å². The molecule has 0 fully saturated rings. The summed E-state index contributed by atoms with van der Waals surface area (Å²) in [6.07, 6.45) is 8.17. The highest BCUT2D eigenvalue weighted by Gasteiger charge is 2.00. The molecule has 0 bridgehead atoms. The molecule has 1 aromatic rings. The highest BCUT2D eigenvalue weighted by Crippen LogP contribution is 2.17. The molecular formula is C16H28N2. The fraction of sp³-hybridized carbons (Fsp3) is 0.625. The lowest BCUT2D eigenvalue weighted by Crippen LogP contribution is -2.18. The van der Waals surface area contributed by atoms with Crippen LogP contribution in [0.5, 0.6) is 0 Å². The topological polar surface area (TPSA) is 15.3 Å². The molecule has 0 unspecified atom stereocenters. The second-order valence-electron chi connectivity index (χ2n) is 4.99. The summed E-state index contributed by atoms with van der Waals surface area (Å²) in [7, 11) is 4.13. The third kappa shape index (κ3) is 5.44. The van der Waals surface area contributed by atoms with Gasteiger partial charge >= 0.3 is 0 Å². The number of nitrogens with one attached hydrogen (secondary N) is 1. The van der Waals surface area contributed by atoms with Gasteiger partial charge in [0.25, 0.3) is 0 Å². The summed E-state index contributed by atoms with van der Waals surface area (Å²) in [6.45, 7) is 3.42. The Bertz CT molecular complexity index is 305. The van der Waals surface area contributed by atoms with Crippen LogP contribution in [0.3, 0.4) is 0 Å². The van der Waals surface area contributed by atoms with Crippen LogP contribution in [-0.2, 0) is 0 Å². The van der Waals surface area contributed by atoms with E-state index in [1.165, 1.54) is 49.9 Å². The molecule has 1 rings (SSSR count). The fourth-order valence-corrected chi connectivity index (χ4v) is 2.14. The quantitative estimate of drug-likeness (QED) is 0.646. The van der Waals surface area contributed by atoms with Crippen molar-refractivity contribution in [3.63, 3.8) is 0 Å². The van der Waals surface area contributed by atoms with Crippen LogP contribution in [0.25, 0.3) is 0 Å². The van der Waals surface area contributed by atoms with E-state index in [4.69, 9.17) is 0 Å². The van der Waals surface area contributed by atoms with Crippen molar-refractivity contribution in [3.05, 3.63) is 24.3 Å². The maximum atomic E-state index is 3.15. The lowest BCUT2D eigenvalue weighted by atomic mass is 10.1. The summed E-state index contributed by atoms with van der Waals surface area (Å²) in [6, 6.07) is 8.63. The summed E-state index contributed by atoms with van der Waals surface area (Å²) in [4.78, 5) is 2.35. The number of benzene rings is 1. The van der Waals surface area contributed by atoms with Crippen LogP contribution in [0.2, 0.25) is 0 Å². The van der Waals surface area contributed by atoms with Gasteiger partial charge in [-0.25, -0.2) is 0 Å². The number of unbranched alkanes of at least 4 members (excludes halogenated alkanes) is 5. The highest BCUT2D eigenvalue weighted by atomic mass is 15.1. The van der Waals surface area contributed by atoms with Crippen molar-refractivity contribution < 1.29 is 0 Å². The summed E-state index contributed by atoms with van der Waals surface area (Å²) in [5.74, 6) is 0. The molecule has 2 nitrogen and oxygen atoms in total. The smallest absolute Gasteiger partial charge is 0.0365 e. The van der Waals surface area contributed by atoms with E-state index < -0.39 is 0 Å². The van der Waals surface area contributed by atoms with Gasteiger partial charge in [0.2, 0.25) is 0 Å². The summed E-state index contributed by atoms with van der Waals surface area (Å²) in [5, 5.41) is 3.15. The SMILES string of the molecule is CCCCCCCCN(C)c1ccc(NC)cc1. The largest absolute Gasteiger partial charge is 0.388 e. The van der Waals surface area contributed by atoms with E-state index in [0.717, 1.165) is 6.54 Å². The Morgan fingerprint density at radius 2 is 1.56 bits per heavy atom. The molecule has 1 aromatic carbocycles. The van der Waals surface area contributed by atoms with Crippen molar-refractivity contribution in [1.29, 1.82) is 0 Å². The minimum Gasteiger partial charge on any atom is -0.388 e. The van der Waals surface area contributed by atoms with Crippen LogP contribution in [0, 0.1) is 0 Å². The average Bonchev–Trinajstić information content (AvgIpc) is 2.42. The van der Waals surface area contributed by atoms with Gasteiger partial charge in [0.05, 0.1) is 0 Å². The Labute approximate surface area is 112 Å². The Hall–Kier alpha value is -1.18. The first-order chi connectivity index (χ1) is 8.77. The van der Waals surface area contributed by atoms with Crippen molar-refractivity contribution in [2.24, 2.45) is 0 Å². The summed E-state index contributed by atoms with van der Waals surface area (Å²) >= 11 is 0. The van der Waals surface area contributed by atoms with E-state index in [-0.39, 0.29) is 0 Å². The number of anilines is 2. The van der Waals surface area contributed by atoms with Crippen LogP contribution in [-0.4, -0.2) is 20.6 Å². The maximum Gasteiger partial charge on any atom is 0.0365 e. The van der Waals surface area contributed by atoms with E-state index in [1.807, 2.05) is 7.05 Å². The zero-order valence-corrected chi connectivity index (χ0v) is 12.2. The molecule has 0 saturated heterocycles. The molecule has 0 atom stereocenters. The molecule has 102 valence electrons. The minimum atomic E-state index is 1.16. The first-order valence-corrected chi connectivity index (χ1v) is 7.27. The summed E-state index contributed by atoms with van der Waals surface area (Å²) in [5.41, 5.74) is 2.48. The van der Waals surface area contributed by atoms with Crippen LogP contribution in [0.4, 0.5) is 11.4 Å².